The summed E-state index contributed by atoms with van der Waals surface area (Å²) in [6.45, 7) is 3.59. The van der Waals surface area contributed by atoms with Crippen LogP contribution in [0.25, 0.3) is 0 Å². The van der Waals surface area contributed by atoms with Crippen molar-refractivity contribution < 1.29 is 19.1 Å². The van der Waals surface area contributed by atoms with E-state index in [-0.39, 0.29) is 4.75 Å². The number of hydrogen-bond donors (Lipinski definition) is 2. The first-order valence-corrected chi connectivity index (χ1v) is 10.4. The predicted molar refractivity (Wildman–Crippen MR) is 114 cm³/mol. The van der Waals surface area contributed by atoms with Gasteiger partial charge in [0.2, 0.25) is 0 Å². The Morgan fingerprint density at radius 2 is 1.83 bits per heavy atom. The number of ether oxygens (including phenoxy) is 2. The van der Waals surface area contributed by atoms with Crippen LogP contribution in [0.2, 0.25) is 0 Å². The van der Waals surface area contributed by atoms with E-state index in [0.29, 0.717) is 31.2 Å². The Morgan fingerprint density at radius 3 is 2.52 bits per heavy atom. The molecule has 0 aromatic heterocycles. The summed E-state index contributed by atoms with van der Waals surface area (Å²) in [5.41, 5.74) is 1.44. The smallest absolute Gasteiger partial charge is 0.313 e. The van der Waals surface area contributed by atoms with Crippen LogP contribution in [0.3, 0.4) is 0 Å². The van der Waals surface area contributed by atoms with Crippen LogP contribution in [0.5, 0.6) is 5.75 Å². The molecule has 2 aromatic rings. The molecule has 0 atom stereocenters. The highest BCUT2D eigenvalue weighted by atomic mass is 32.2. The van der Waals surface area contributed by atoms with Gasteiger partial charge in [-0.1, -0.05) is 24.3 Å². The molecule has 2 amide bonds. The van der Waals surface area contributed by atoms with Crippen molar-refractivity contribution >= 4 is 29.3 Å². The fraction of sp³-hybridized carbons (Fsp3) is 0.364. The molecule has 7 heteroatoms. The number of rotatable bonds is 6. The Kier molecular flexibility index (Phi) is 7.17. The number of nitrogens with one attached hydrogen (secondary N) is 2. The van der Waals surface area contributed by atoms with Gasteiger partial charge >= 0.3 is 11.8 Å². The zero-order valence-electron chi connectivity index (χ0n) is 16.7. The average Bonchev–Trinajstić information content (AvgIpc) is 2.73. The Hall–Kier alpha value is -2.51. The lowest BCUT2D eigenvalue weighted by atomic mass is 9.99. The second-order valence-corrected chi connectivity index (χ2v) is 8.59. The number of aryl methyl sites for hydroxylation is 1. The van der Waals surface area contributed by atoms with E-state index < -0.39 is 11.8 Å². The van der Waals surface area contributed by atoms with E-state index in [2.05, 4.69) is 22.8 Å². The molecule has 0 radical (unpaired) electrons. The minimum atomic E-state index is -0.708. The molecule has 154 valence electrons. The Bertz CT molecular complexity index is 851. The lowest BCUT2D eigenvalue weighted by molar-refractivity contribution is -0.136. The van der Waals surface area contributed by atoms with Crippen LogP contribution in [0.1, 0.15) is 18.4 Å². The molecule has 2 aromatic carbocycles. The van der Waals surface area contributed by atoms with Crippen molar-refractivity contribution in [2.24, 2.45) is 0 Å². The van der Waals surface area contributed by atoms with Crippen molar-refractivity contribution in [1.82, 2.24) is 5.32 Å². The van der Waals surface area contributed by atoms with Gasteiger partial charge in [0, 0.05) is 29.4 Å². The van der Waals surface area contributed by atoms with Gasteiger partial charge in [-0.25, -0.2) is 0 Å². The maximum Gasteiger partial charge on any atom is 0.313 e. The van der Waals surface area contributed by atoms with Gasteiger partial charge in [0.15, 0.2) is 0 Å². The third-order valence-electron chi connectivity index (χ3n) is 4.86. The van der Waals surface area contributed by atoms with E-state index in [9.17, 15) is 9.59 Å². The number of anilines is 1. The van der Waals surface area contributed by atoms with E-state index in [1.54, 1.807) is 23.9 Å². The van der Waals surface area contributed by atoms with Gasteiger partial charge in [-0.3, -0.25) is 9.59 Å². The fourth-order valence-corrected chi connectivity index (χ4v) is 4.53. The van der Waals surface area contributed by atoms with E-state index in [1.807, 2.05) is 31.2 Å². The number of methoxy groups -OCH3 is 1. The van der Waals surface area contributed by atoms with Gasteiger partial charge in [-0.2, -0.15) is 0 Å². The van der Waals surface area contributed by atoms with Crippen molar-refractivity contribution in [3.05, 3.63) is 54.1 Å². The molecular formula is C22H26N2O4S. The first-order valence-electron chi connectivity index (χ1n) is 9.57. The maximum atomic E-state index is 12.5. The summed E-state index contributed by atoms with van der Waals surface area (Å²) in [7, 11) is 1.52. The summed E-state index contributed by atoms with van der Waals surface area (Å²) >= 11 is 1.73. The second kappa shape index (κ2) is 9.80. The molecule has 1 heterocycles. The number of carbonyl (C=O) groups is 2. The third kappa shape index (κ3) is 5.74. The largest absolute Gasteiger partial charge is 0.495 e. The van der Waals surface area contributed by atoms with Gasteiger partial charge in [0.05, 0.1) is 12.8 Å². The SMILES string of the molecule is COc1ccc(C)cc1NC(=O)C(=O)NCC1(Sc2ccccc2)CCOCC1. The summed E-state index contributed by atoms with van der Waals surface area (Å²) < 4.78 is 10.6. The van der Waals surface area contributed by atoms with E-state index >= 15 is 0 Å². The van der Waals surface area contributed by atoms with E-state index in [4.69, 9.17) is 9.47 Å². The Morgan fingerprint density at radius 1 is 1.10 bits per heavy atom. The molecule has 3 rings (SSSR count). The van der Waals surface area contributed by atoms with Crippen LogP contribution in [0.4, 0.5) is 5.69 Å². The molecule has 1 fully saturated rings. The molecule has 29 heavy (non-hydrogen) atoms. The number of carbonyl (C=O) groups excluding carboxylic acids is 2. The summed E-state index contributed by atoms with van der Waals surface area (Å²) in [4.78, 5) is 26.0. The first-order chi connectivity index (χ1) is 14.0. The van der Waals surface area contributed by atoms with Crippen LogP contribution >= 0.6 is 11.8 Å². The molecule has 1 aliphatic heterocycles. The van der Waals surface area contributed by atoms with Gasteiger partial charge in [0.25, 0.3) is 0 Å². The van der Waals surface area contributed by atoms with Crippen molar-refractivity contribution in [2.45, 2.75) is 29.4 Å². The fourth-order valence-electron chi connectivity index (χ4n) is 3.22. The van der Waals surface area contributed by atoms with Gasteiger partial charge < -0.3 is 20.1 Å². The number of thioether (sulfide) groups is 1. The van der Waals surface area contributed by atoms with Gasteiger partial charge in [-0.15, -0.1) is 11.8 Å². The highest BCUT2D eigenvalue weighted by Crippen LogP contribution is 2.40. The molecule has 0 saturated carbocycles. The molecule has 2 N–H and O–H groups in total. The average molecular weight is 415 g/mol. The Labute approximate surface area is 175 Å². The number of hydrogen-bond acceptors (Lipinski definition) is 5. The third-order valence-corrected chi connectivity index (χ3v) is 6.36. The molecule has 0 spiro atoms. The lowest BCUT2D eigenvalue weighted by Crippen LogP contribution is -2.47. The highest BCUT2D eigenvalue weighted by Gasteiger charge is 2.35. The van der Waals surface area contributed by atoms with Crippen molar-refractivity contribution in [3.8, 4) is 5.75 Å². The second-order valence-electron chi connectivity index (χ2n) is 7.05. The molecule has 0 bridgehead atoms. The van der Waals surface area contributed by atoms with E-state index in [1.165, 1.54) is 7.11 Å². The summed E-state index contributed by atoms with van der Waals surface area (Å²) in [6, 6.07) is 15.5. The van der Waals surface area contributed by atoms with Crippen LogP contribution in [0, 0.1) is 6.92 Å². The lowest BCUT2D eigenvalue weighted by Gasteiger charge is -2.36. The zero-order chi connectivity index (χ0) is 20.7. The first kappa shape index (κ1) is 21.2. The molecule has 1 saturated heterocycles. The van der Waals surface area contributed by atoms with Crippen LogP contribution in [-0.2, 0) is 14.3 Å². The molecule has 1 aliphatic rings. The topological polar surface area (TPSA) is 76.7 Å². The summed E-state index contributed by atoms with van der Waals surface area (Å²) in [5, 5.41) is 5.46. The van der Waals surface area contributed by atoms with Gasteiger partial charge in [0.1, 0.15) is 5.75 Å². The van der Waals surface area contributed by atoms with Crippen molar-refractivity contribution in [3.63, 3.8) is 0 Å². The highest BCUT2D eigenvalue weighted by molar-refractivity contribution is 8.00. The van der Waals surface area contributed by atoms with Crippen LogP contribution in [0.15, 0.2) is 53.4 Å². The monoisotopic (exact) mass is 414 g/mol. The van der Waals surface area contributed by atoms with Crippen LogP contribution in [-0.4, -0.2) is 43.4 Å². The molecular weight excluding hydrogens is 388 g/mol. The number of benzene rings is 2. The van der Waals surface area contributed by atoms with Gasteiger partial charge in [-0.05, 0) is 49.6 Å². The van der Waals surface area contributed by atoms with Crippen molar-refractivity contribution in [2.75, 3.05) is 32.2 Å². The zero-order valence-corrected chi connectivity index (χ0v) is 17.5. The van der Waals surface area contributed by atoms with E-state index in [0.717, 1.165) is 23.3 Å². The number of amides is 2. The summed E-state index contributed by atoms with van der Waals surface area (Å²) in [6.07, 6.45) is 1.61. The van der Waals surface area contributed by atoms with Crippen molar-refractivity contribution in [1.29, 1.82) is 0 Å². The van der Waals surface area contributed by atoms with Crippen LogP contribution < -0.4 is 15.4 Å². The summed E-state index contributed by atoms with van der Waals surface area (Å²) in [5.74, 6) is -0.855. The minimum absolute atomic E-state index is 0.198. The maximum absolute atomic E-state index is 12.5. The molecule has 0 unspecified atom stereocenters. The Balaban J connectivity index is 1.64. The standard InChI is InChI=1S/C22H26N2O4S/c1-16-8-9-19(27-2)18(14-16)24-21(26)20(25)23-15-22(10-12-28-13-11-22)29-17-6-4-3-5-7-17/h3-9,14H,10-13,15H2,1-2H3,(H,23,25)(H,24,26). The minimum Gasteiger partial charge on any atom is -0.495 e. The molecule has 0 aliphatic carbocycles. The quantitative estimate of drug-likeness (QED) is 0.709. The predicted octanol–water partition coefficient (Wildman–Crippen LogP) is 3.40. The molecule has 6 nitrogen and oxygen atoms in total. The normalized spacial score (nSPS) is 15.4.